The van der Waals surface area contributed by atoms with Crippen molar-refractivity contribution in [3.63, 3.8) is 0 Å². The number of rotatable bonds is 5. The summed E-state index contributed by atoms with van der Waals surface area (Å²) in [5, 5.41) is 12.3. The van der Waals surface area contributed by atoms with E-state index in [1.807, 2.05) is 54.7 Å². The molecule has 1 aliphatic rings. The molecule has 3 heterocycles. The molecule has 1 atom stereocenters. The topological polar surface area (TPSA) is 97.1 Å². The second kappa shape index (κ2) is 8.59. The van der Waals surface area contributed by atoms with Gasteiger partial charge < -0.3 is 24.0 Å². The number of benzene rings is 2. The molecule has 0 aliphatic carbocycles. The number of allylic oxidation sites excluding steroid dienone is 1. The average molecular weight is 456 g/mol. The van der Waals surface area contributed by atoms with E-state index in [0.29, 0.717) is 22.6 Å². The molecule has 1 aliphatic heterocycles. The first-order chi connectivity index (χ1) is 16.5. The van der Waals surface area contributed by atoms with Crippen LogP contribution in [0.2, 0.25) is 0 Å². The van der Waals surface area contributed by atoms with Crippen LogP contribution in [0.3, 0.4) is 0 Å². The van der Waals surface area contributed by atoms with Crippen LogP contribution in [0.25, 0.3) is 17.0 Å². The zero-order chi connectivity index (χ0) is 23.8. The van der Waals surface area contributed by atoms with Crippen LogP contribution in [0.5, 0.6) is 11.5 Å². The van der Waals surface area contributed by atoms with Crippen LogP contribution < -0.4 is 15.7 Å². The Labute approximate surface area is 195 Å². The highest BCUT2D eigenvalue weighted by molar-refractivity contribution is 5.93. The van der Waals surface area contributed by atoms with Gasteiger partial charge in [0.1, 0.15) is 5.75 Å². The monoisotopic (exact) mass is 456 g/mol. The van der Waals surface area contributed by atoms with Gasteiger partial charge in [0.05, 0.1) is 36.5 Å². The van der Waals surface area contributed by atoms with Gasteiger partial charge in [-0.3, -0.25) is 0 Å². The number of aromatic amines is 1. The Hall–Kier alpha value is -4.26. The fourth-order valence-corrected chi connectivity index (χ4v) is 4.41. The van der Waals surface area contributed by atoms with Gasteiger partial charge in [-0.25, -0.2) is 9.79 Å². The average Bonchev–Trinajstić information content (AvgIpc) is 3.39. The van der Waals surface area contributed by atoms with E-state index in [4.69, 9.17) is 13.9 Å². The number of furan rings is 1. The summed E-state index contributed by atoms with van der Waals surface area (Å²) in [6.07, 6.45) is 3.63. The number of nitrogens with zero attached hydrogens (tertiary/aromatic N) is 1. The molecule has 2 aromatic carbocycles. The summed E-state index contributed by atoms with van der Waals surface area (Å²) in [7, 11) is 1.59. The fraction of sp³-hybridized carbons (Fsp3) is 0.185. The normalized spacial score (nSPS) is 15.9. The van der Waals surface area contributed by atoms with Gasteiger partial charge in [-0.1, -0.05) is 30.3 Å². The van der Waals surface area contributed by atoms with Crippen molar-refractivity contribution in [3.8, 4) is 11.5 Å². The number of carbonyl (C=O) groups excluding carboxylic acids is 1. The van der Waals surface area contributed by atoms with Gasteiger partial charge in [-0.15, -0.1) is 0 Å². The number of hydrogen-bond acceptors (Lipinski definition) is 6. The van der Waals surface area contributed by atoms with E-state index in [1.54, 1.807) is 27.0 Å². The van der Waals surface area contributed by atoms with Crippen molar-refractivity contribution in [1.82, 2.24) is 4.98 Å². The number of aromatic nitrogens is 1. The molecule has 0 amide bonds. The Balaban J connectivity index is 1.72. The maximum Gasteiger partial charge on any atom is 0.336 e. The molecule has 7 heteroatoms. The lowest BCUT2D eigenvalue weighted by Gasteiger charge is -2.23. The number of para-hydroxylation sites is 1. The minimum absolute atomic E-state index is 0.0563. The van der Waals surface area contributed by atoms with Crippen LogP contribution in [0, 0.1) is 0 Å². The molecule has 0 bridgehead atoms. The fourth-order valence-electron chi connectivity index (χ4n) is 4.41. The Morgan fingerprint density at radius 3 is 2.71 bits per heavy atom. The number of H-pyrrole nitrogens is 1. The maximum absolute atomic E-state index is 13.0. The maximum atomic E-state index is 13.0. The van der Waals surface area contributed by atoms with Crippen molar-refractivity contribution in [1.29, 1.82) is 0 Å². The third-order valence-electron chi connectivity index (χ3n) is 6.01. The van der Waals surface area contributed by atoms with E-state index in [0.717, 1.165) is 22.0 Å². The summed E-state index contributed by atoms with van der Waals surface area (Å²) >= 11 is 0. The van der Waals surface area contributed by atoms with Gasteiger partial charge >= 0.3 is 5.97 Å². The lowest BCUT2D eigenvalue weighted by Crippen LogP contribution is -2.25. The highest BCUT2D eigenvalue weighted by atomic mass is 16.5. The van der Waals surface area contributed by atoms with Crippen molar-refractivity contribution < 1.29 is 23.8 Å². The summed E-state index contributed by atoms with van der Waals surface area (Å²) in [5.41, 5.74) is 4.47. The van der Waals surface area contributed by atoms with Crippen LogP contribution in [0.4, 0.5) is 0 Å². The number of fused-ring (bicyclic) bond motifs is 2. The van der Waals surface area contributed by atoms with E-state index in [9.17, 15) is 9.90 Å². The minimum Gasteiger partial charge on any atom is -0.504 e. The summed E-state index contributed by atoms with van der Waals surface area (Å²) in [6.45, 7) is 3.73. The van der Waals surface area contributed by atoms with Crippen LogP contribution in [0.1, 0.15) is 36.5 Å². The lowest BCUT2D eigenvalue weighted by molar-refractivity contribution is -0.138. The molecule has 1 unspecified atom stereocenters. The van der Waals surface area contributed by atoms with E-state index >= 15 is 0 Å². The summed E-state index contributed by atoms with van der Waals surface area (Å²) < 4.78 is 16.6. The Kier molecular flexibility index (Phi) is 5.45. The van der Waals surface area contributed by atoms with Gasteiger partial charge in [-0.05, 0) is 43.7 Å². The zero-order valence-corrected chi connectivity index (χ0v) is 19.1. The second-order valence-electron chi connectivity index (χ2n) is 8.01. The summed E-state index contributed by atoms with van der Waals surface area (Å²) in [5.74, 6) is -0.448. The molecule has 172 valence electrons. The summed E-state index contributed by atoms with van der Waals surface area (Å²) in [6, 6.07) is 15.2. The van der Waals surface area contributed by atoms with Crippen LogP contribution in [-0.4, -0.2) is 29.8 Å². The molecule has 0 spiro atoms. The van der Waals surface area contributed by atoms with Gasteiger partial charge in [0.15, 0.2) is 11.2 Å². The molecule has 7 nitrogen and oxygen atoms in total. The number of methoxy groups -OCH3 is 1. The third-order valence-corrected chi connectivity index (χ3v) is 6.01. The quantitative estimate of drug-likeness (QED) is 0.444. The molecule has 0 fully saturated rings. The Morgan fingerprint density at radius 2 is 1.97 bits per heavy atom. The smallest absolute Gasteiger partial charge is 0.336 e. The number of nitrogens with one attached hydrogen (secondary N) is 1. The third kappa shape index (κ3) is 3.55. The van der Waals surface area contributed by atoms with Crippen molar-refractivity contribution in [2.24, 2.45) is 4.99 Å². The van der Waals surface area contributed by atoms with Gasteiger partial charge in [0, 0.05) is 22.7 Å². The summed E-state index contributed by atoms with van der Waals surface area (Å²) in [4.78, 5) is 20.7. The van der Waals surface area contributed by atoms with Gasteiger partial charge in [0.2, 0.25) is 5.55 Å². The highest BCUT2D eigenvalue weighted by Gasteiger charge is 2.36. The van der Waals surface area contributed by atoms with Crippen molar-refractivity contribution in [2.45, 2.75) is 19.8 Å². The number of aromatic hydroxyl groups is 1. The van der Waals surface area contributed by atoms with E-state index < -0.39 is 11.9 Å². The second-order valence-corrected chi connectivity index (χ2v) is 8.01. The lowest BCUT2D eigenvalue weighted by atomic mass is 9.83. The molecule has 4 aromatic rings. The van der Waals surface area contributed by atoms with E-state index in [1.165, 1.54) is 0 Å². The predicted molar refractivity (Wildman–Crippen MR) is 127 cm³/mol. The largest absolute Gasteiger partial charge is 0.504 e. The van der Waals surface area contributed by atoms with Crippen molar-refractivity contribution in [2.75, 3.05) is 13.7 Å². The highest BCUT2D eigenvalue weighted by Crippen LogP contribution is 2.39. The number of carbonyl (C=O) groups is 1. The molecule has 0 saturated heterocycles. The van der Waals surface area contributed by atoms with Gasteiger partial charge in [-0.2, -0.15) is 0 Å². The first-order valence-electron chi connectivity index (χ1n) is 11.0. The number of ether oxygens (including phenoxy) is 2. The van der Waals surface area contributed by atoms with Crippen LogP contribution in [-0.2, 0) is 9.53 Å². The Bertz CT molecular complexity index is 1540. The number of esters is 1. The SMILES string of the molecule is CCOC(=O)C1=C(C)N=c2oc(=Cc3c[nH]c4ccccc34)c(O)c2C1c1ccc(OC)cc1. The predicted octanol–water partition coefficient (Wildman–Crippen LogP) is 3.91. The molecule has 2 N–H and O–H groups in total. The Morgan fingerprint density at radius 1 is 1.21 bits per heavy atom. The molecule has 2 aromatic heterocycles. The first kappa shape index (κ1) is 21.6. The van der Waals surface area contributed by atoms with E-state index in [-0.39, 0.29) is 23.3 Å². The van der Waals surface area contributed by atoms with E-state index in [2.05, 4.69) is 9.98 Å². The molecule has 34 heavy (non-hydrogen) atoms. The van der Waals surface area contributed by atoms with Crippen molar-refractivity contribution >= 4 is 22.9 Å². The van der Waals surface area contributed by atoms with Crippen molar-refractivity contribution in [3.05, 3.63) is 93.7 Å². The molecular weight excluding hydrogens is 432 g/mol. The molecule has 0 saturated carbocycles. The molecule has 5 rings (SSSR count). The number of hydrogen-bond donors (Lipinski definition) is 2. The molecular formula is C27H24N2O5. The molecule has 0 radical (unpaired) electrons. The standard InChI is InChI=1S/C27H24N2O5/c1-4-33-27(31)22-15(2)29-26-24(23(22)16-9-11-18(32-3)12-10-16)25(30)21(34-26)13-17-14-28-20-8-6-5-7-19(17)20/h5-14,23,28,30H,4H2,1-3H3. The minimum atomic E-state index is -0.605. The zero-order valence-electron chi connectivity index (χ0n) is 19.1. The van der Waals surface area contributed by atoms with Crippen LogP contribution >= 0.6 is 0 Å². The first-order valence-corrected chi connectivity index (χ1v) is 11.0. The van der Waals surface area contributed by atoms with Gasteiger partial charge in [0.25, 0.3) is 0 Å². The van der Waals surface area contributed by atoms with Crippen LogP contribution in [0.15, 0.2) is 75.4 Å².